The zero-order valence-electron chi connectivity index (χ0n) is 58.2. The SMILES string of the molecule is CCCO[C@H](C[C@H](C(C)C)N(CCC)C(=O)[C@@H](NC(=O)[C@H]1CCCCN1C(=O)OCc1ccc(CC(=O)[C@H](CCCNC(N)=O)NC(=O)[C@@H](NC(=O)CCCCCN2C(=O)C=CC2=O)C(C)C)cc1)[C@@H](C)CC)c1nc(C(=O)N[C@@H](Cc2ccc(O)cc2)C[C@H](C)C(=O)OC)cs1. The lowest BCUT2D eigenvalue weighted by molar-refractivity contribution is -0.145. The van der Waals surface area contributed by atoms with Crippen LogP contribution in [0.3, 0.4) is 0 Å². The summed E-state index contributed by atoms with van der Waals surface area (Å²) >= 11 is 1.28. The molecule has 1 fully saturated rings. The number of unbranched alkanes of at least 4 members (excludes halogenated alkanes) is 2. The number of Topliss-reactive ketones (excluding diaryl/α,β-unsaturated/α-hetero) is 1. The van der Waals surface area contributed by atoms with E-state index in [0.717, 1.165) is 10.5 Å². The van der Waals surface area contributed by atoms with Crippen LogP contribution in [0.5, 0.6) is 5.75 Å². The van der Waals surface area contributed by atoms with Gasteiger partial charge in [0.05, 0.1) is 19.1 Å². The summed E-state index contributed by atoms with van der Waals surface area (Å²) in [5.74, 6) is -4.71. The fourth-order valence-electron chi connectivity index (χ4n) is 11.9. The lowest BCUT2D eigenvalue weighted by Gasteiger charge is -2.40. The number of urea groups is 1. The highest BCUT2D eigenvalue weighted by atomic mass is 32.1. The fourth-order valence-corrected chi connectivity index (χ4v) is 12.7. The Morgan fingerprint density at radius 1 is 0.784 bits per heavy atom. The summed E-state index contributed by atoms with van der Waals surface area (Å²) in [5.41, 5.74) is 7.50. The highest BCUT2D eigenvalue weighted by Gasteiger charge is 2.40. The molecule has 2 aromatic carbocycles. The molecule has 534 valence electrons. The number of rotatable bonds is 41. The van der Waals surface area contributed by atoms with E-state index in [2.05, 4.69) is 26.6 Å². The molecule has 10 amide bonds. The predicted octanol–water partition coefficient (Wildman–Crippen LogP) is 7.90. The van der Waals surface area contributed by atoms with Gasteiger partial charge in [-0.15, -0.1) is 11.3 Å². The number of aromatic nitrogens is 1. The molecule has 2 aliphatic heterocycles. The summed E-state index contributed by atoms with van der Waals surface area (Å²) in [5, 5.41) is 26.4. The van der Waals surface area contributed by atoms with Gasteiger partial charge < -0.3 is 56.5 Å². The van der Waals surface area contributed by atoms with Crippen LogP contribution in [-0.2, 0) is 72.0 Å². The minimum Gasteiger partial charge on any atom is -0.508 e. The van der Waals surface area contributed by atoms with E-state index in [4.69, 9.17) is 24.9 Å². The van der Waals surface area contributed by atoms with Gasteiger partial charge in [0.1, 0.15) is 47.3 Å². The maximum atomic E-state index is 15.3. The standard InChI is InChI=1S/C71H104N10O15S/c1-11-34-79(56(44(4)5)41-58(95-37-12-2)67-76-54(43-97-67)64(87)74-51(38-47(9)69(91)94-10)39-48-27-29-52(82)30-28-48)68(90)63(46(8)13-3)78-65(88)55-21-16-18-35-80(55)71(93)96-42-50-25-23-49(24-26-50)40-57(83)53(20-19-33-73-70(72)92)75-66(89)62(45(6)7)77-59(84)22-15-14-17-36-81-60(85)31-32-61(81)86/h23-32,43-47,51,53,55-56,58,62-63,82H,11-22,33-42H2,1-10H3,(H,74,87)(H,75,89)(H,77,84)(H,78,88)(H3,72,73,92)/t46-,47-,51+,53-,55+,56+,58+,62-,63-/m0/s1. The van der Waals surface area contributed by atoms with E-state index in [1.807, 2.05) is 46.4 Å². The van der Waals surface area contributed by atoms with E-state index >= 15 is 4.79 Å². The topological polar surface area (TPSA) is 344 Å². The maximum Gasteiger partial charge on any atom is 0.410 e. The van der Waals surface area contributed by atoms with Crippen LogP contribution in [0.2, 0.25) is 0 Å². The number of piperidine rings is 1. The highest BCUT2D eigenvalue weighted by Crippen LogP contribution is 2.33. The lowest BCUT2D eigenvalue weighted by atomic mass is 9.92. The van der Waals surface area contributed by atoms with E-state index < -0.39 is 84.1 Å². The van der Waals surface area contributed by atoms with Crippen LogP contribution in [-0.4, -0.2) is 166 Å². The van der Waals surface area contributed by atoms with Crippen LogP contribution in [0.25, 0.3) is 0 Å². The molecule has 0 saturated carbocycles. The number of thiazole rings is 1. The molecule has 97 heavy (non-hydrogen) atoms. The summed E-state index contributed by atoms with van der Waals surface area (Å²) in [7, 11) is 1.32. The Hall–Kier alpha value is -8.26. The van der Waals surface area contributed by atoms with Gasteiger partial charge in [0.2, 0.25) is 23.6 Å². The quantitative estimate of drug-likeness (QED) is 0.0161. The maximum absolute atomic E-state index is 15.3. The number of benzene rings is 2. The van der Waals surface area contributed by atoms with Crippen LogP contribution in [0.4, 0.5) is 9.59 Å². The van der Waals surface area contributed by atoms with Crippen LogP contribution in [0.1, 0.15) is 190 Å². The third kappa shape index (κ3) is 25.3. The first-order valence-electron chi connectivity index (χ1n) is 34.3. The summed E-state index contributed by atoms with van der Waals surface area (Å²) in [4.78, 5) is 156. The van der Waals surface area contributed by atoms with Gasteiger partial charge in [0, 0.05) is 81.7 Å². The van der Waals surface area contributed by atoms with Crippen LogP contribution < -0.4 is 32.3 Å². The van der Waals surface area contributed by atoms with E-state index in [0.29, 0.717) is 106 Å². The number of nitrogens with zero attached hydrogens (tertiary/aromatic N) is 4. The second-order valence-electron chi connectivity index (χ2n) is 26.1. The monoisotopic (exact) mass is 1370 g/mol. The molecule has 25 nitrogen and oxygen atoms in total. The smallest absolute Gasteiger partial charge is 0.410 e. The van der Waals surface area contributed by atoms with E-state index in [1.165, 1.54) is 35.5 Å². The summed E-state index contributed by atoms with van der Waals surface area (Å²) in [6.07, 6.45) is 7.66. The van der Waals surface area contributed by atoms with Crippen molar-refractivity contribution >= 4 is 76.6 Å². The summed E-state index contributed by atoms with van der Waals surface area (Å²) in [6.45, 7) is 18.4. The molecule has 0 spiro atoms. The van der Waals surface area contributed by atoms with Gasteiger partial charge in [-0.25, -0.2) is 14.6 Å². The minimum absolute atomic E-state index is 0.0871. The number of aromatic hydroxyl groups is 1. The first kappa shape index (κ1) is 79.4. The zero-order valence-corrected chi connectivity index (χ0v) is 59.0. The second kappa shape index (κ2) is 40.5. The van der Waals surface area contributed by atoms with Gasteiger partial charge in [0.15, 0.2) is 5.78 Å². The Bertz CT molecular complexity index is 3120. The molecule has 0 unspecified atom stereocenters. The number of phenolic OH excluding ortho intramolecular Hbond substituents is 1. The number of ether oxygens (including phenoxy) is 3. The summed E-state index contributed by atoms with van der Waals surface area (Å²) < 4.78 is 17.3. The number of nitrogens with one attached hydrogen (secondary N) is 5. The van der Waals surface area contributed by atoms with Crippen molar-refractivity contribution in [1.29, 1.82) is 0 Å². The number of imide groups is 1. The number of methoxy groups -OCH3 is 1. The number of esters is 1. The Morgan fingerprint density at radius 2 is 1.46 bits per heavy atom. The fraction of sp³-hybridized carbons (Fsp3) is 0.606. The molecular formula is C71H104N10O15S. The predicted molar refractivity (Wildman–Crippen MR) is 366 cm³/mol. The molecular weight excluding hydrogens is 1260 g/mol. The Morgan fingerprint density at radius 3 is 2.09 bits per heavy atom. The number of nitrogens with two attached hydrogens (primary N) is 1. The molecule has 3 aromatic rings. The van der Waals surface area contributed by atoms with Crippen LogP contribution in [0, 0.1) is 23.7 Å². The van der Waals surface area contributed by atoms with Crippen molar-refractivity contribution in [3.05, 3.63) is 93.5 Å². The van der Waals surface area contributed by atoms with Gasteiger partial charge in [-0.05, 0) is 117 Å². The van der Waals surface area contributed by atoms with Crippen molar-refractivity contribution in [2.45, 2.75) is 214 Å². The number of primary amides is 1. The molecule has 1 saturated heterocycles. The zero-order chi connectivity index (χ0) is 71.3. The normalized spacial score (nSPS) is 16.3. The Labute approximate surface area is 574 Å². The van der Waals surface area contributed by atoms with Gasteiger partial charge in [-0.1, -0.05) is 112 Å². The molecule has 2 aliphatic rings. The first-order valence-corrected chi connectivity index (χ1v) is 35.2. The lowest BCUT2D eigenvalue weighted by Crippen LogP contribution is -2.59. The van der Waals surface area contributed by atoms with Gasteiger partial charge in [0.25, 0.3) is 17.7 Å². The molecule has 26 heteroatoms. The van der Waals surface area contributed by atoms with E-state index in [9.17, 15) is 53.1 Å². The van der Waals surface area contributed by atoms with Gasteiger partial charge >= 0.3 is 18.1 Å². The van der Waals surface area contributed by atoms with Crippen LogP contribution in [0.15, 0.2) is 66.1 Å². The third-order valence-corrected chi connectivity index (χ3v) is 18.6. The van der Waals surface area contributed by atoms with E-state index in [-0.39, 0.29) is 111 Å². The van der Waals surface area contributed by atoms with Crippen molar-refractivity contribution in [3.8, 4) is 5.75 Å². The number of ketones is 1. The van der Waals surface area contributed by atoms with Crippen molar-refractivity contribution in [3.63, 3.8) is 0 Å². The number of likely N-dealkylation sites (tertiary alicyclic amines) is 1. The molecule has 5 rings (SSSR count). The van der Waals surface area contributed by atoms with Gasteiger partial charge in [-0.2, -0.15) is 0 Å². The minimum atomic E-state index is -0.994. The molecule has 3 heterocycles. The largest absolute Gasteiger partial charge is 0.508 e. The van der Waals surface area contributed by atoms with E-state index in [1.54, 1.807) is 74.7 Å². The molecule has 0 aliphatic carbocycles. The highest BCUT2D eigenvalue weighted by molar-refractivity contribution is 7.09. The molecule has 0 radical (unpaired) electrons. The number of amides is 10. The third-order valence-electron chi connectivity index (χ3n) is 17.6. The van der Waals surface area contributed by atoms with Crippen LogP contribution >= 0.6 is 11.3 Å². The average Bonchev–Trinajstić information content (AvgIpc) is 1.70. The number of carbonyl (C=O) groups is 11. The Balaban J connectivity index is 1.22. The Kier molecular flexibility index (Phi) is 33.1. The van der Waals surface area contributed by atoms with Gasteiger partial charge in [-0.3, -0.25) is 53.0 Å². The average molecular weight is 1370 g/mol. The number of hydrogen-bond donors (Lipinski definition) is 7. The molecule has 8 N–H and O–H groups in total. The van der Waals surface area contributed by atoms with Crippen molar-refractivity contribution in [2.75, 3.05) is 39.9 Å². The molecule has 1 aromatic heterocycles. The molecule has 9 atom stereocenters. The number of phenols is 1. The first-order chi connectivity index (χ1) is 46.3. The van der Waals surface area contributed by atoms with Crippen molar-refractivity contribution in [1.82, 2.24) is 46.3 Å². The molecule has 0 bridgehead atoms. The van der Waals surface area contributed by atoms with Crippen molar-refractivity contribution < 1.29 is 72.1 Å². The van der Waals surface area contributed by atoms with Crippen molar-refractivity contribution in [2.24, 2.45) is 29.4 Å². The second-order valence-corrected chi connectivity index (χ2v) is 26.9. The number of hydrogen-bond acceptors (Lipinski definition) is 17. The summed E-state index contributed by atoms with van der Waals surface area (Å²) in [6, 6.07) is 8.05. The number of carbonyl (C=O) groups excluding carboxylic acids is 11.